The van der Waals surface area contributed by atoms with Crippen LogP contribution in [0.15, 0.2) is 22.6 Å². The minimum atomic E-state index is -1.00. The topological polar surface area (TPSA) is 59.4 Å². The Hall–Kier alpha value is -1.46. The quantitative estimate of drug-likeness (QED) is 0.798. The Morgan fingerprint density at radius 2 is 2.07 bits per heavy atom. The molecule has 80 valence electrons. The molecule has 2 aromatic rings. The minimum Gasteiger partial charge on any atom is -0.458 e. The molecule has 0 aliphatic rings. The number of aliphatic hydroxyl groups excluding tert-OH is 1. The van der Waals surface area contributed by atoms with Crippen LogP contribution in [0.2, 0.25) is 0 Å². The predicted molar refractivity (Wildman–Crippen MR) is 50.1 cm³/mol. The molecule has 1 heterocycles. The molecule has 3 nitrogen and oxygen atoms in total. The maximum absolute atomic E-state index is 13.2. The number of furan rings is 1. The Kier molecular flexibility index (Phi) is 2.42. The van der Waals surface area contributed by atoms with Crippen molar-refractivity contribution in [2.75, 3.05) is 6.54 Å². The molecule has 0 aliphatic carbocycles. The van der Waals surface area contributed by atoms with Crippen LogP contribution in [0.4, 0.5) is 8.78 Å². The van der Waals surface area contributed by atoms with Gasteiger partial charge in [-0.25, -0.2) is 8.78 Å². The Morgan fingerprint density at radius 1 is 1.33 bits per heavy atom. The molecule has 2 rings (SSSR count). The first-order chi connectivity index (χ1) is 7.11. The standard InChI is InChI=1S/C10H9F2NO2/c11-5-1-7(12)6-3-10(8(14)4-13)15-9(6)2-5/h1-3,8,14H,4,13H2. The molecular formula is C10H9F2NO2. The van der Waals surface area contributed by atoms with E-state index < -0.39 is 17.7 Å². The van der Waals surface area contributed by atoms with Crippen LogP contribution in [-0.4, -0.2) is 11.7 Å². The molecule has 1 atom stereocenters. The van der Waals surface area contributed by atoms with Gasteiger partial charge in [-0.05, 0) is 6.07 Å². The molecule has 3 N–H and O–H groups in total. The predicted octanol–water partition coefficient (Wildman–Crippen LogP) is 1.70. The van der Waals surface area contributed by atoms with Crippen molar-refractivity contribution in [1.29, 1.82) is 0 Å². The van der Waals surface area contributed by atoms with Gasteiger partial charge in [-0.1, -0.05) is 0 Å². The smallest absolute Gasteiger partial charge is 0.140 e. The first-order valence-corrected chi connectivity index (χ1v) is 4.38. The van der Waals surface area contributed by atoms with Gasteiger partial charge in [0.15, 0.2) is 0 Å². The normalized spacial score (nSPS) is 13.3. The van der Waals surface area contributed by atoms with Gasteiger partial charge in [0.2, 0.25) is 0 Å². The maximum Gasteiger partial charge on any atom is 0.140 e. The highest BCUT2D eigenvalue weighted by Crippen LogP contribution is 2.26. The van der Waals surface area contributed by atoms with Crippen LogP contribution in [0.3, 0.4) is 0 Å². The van der Waals surface area contributed by atoms with E-state index in [9.17, 15) is 13.9 Å². The second-order valence-corrected chi connectivity index (χ2v) is 3.20. The lowest BCUT2D eigenvalue weighted by atomic mass is 10.2. The summed E-state index contributed by atoms with van der Waals surface area (Å²) in [4.78, 5) is 0. The van der Waals surface area contributed by atoms with Gasteiger partial charge in [0.05, 0.1) is 5.39 Å². The van der Waals surface area contributed by atoms with Crippen LogP contribution in [0.25, 0.3) is 11.0 Å². The third kappa shape index (κ3) is 1.71. The molecule has 0 radical (unpaired) electrons. The SMILES string of the molecule is NCC(O)c1cc2c(F)cc(F)cc2o1. The molecule has 0 fully saturated rings. The van der Waals surface area contributed by atoms with E-state index in [1.54, 1.807) is 0 Å². The number of rotatable bonds is 2. The Labute approximate surface area is 84.1 Å². The van der Waals surface area contributed by atoms with Gasteiger partial charge in [0.25, 0.3) is 0 Å². The number of fused-ring (bicyclic) bond motifs is 1. The Morgan fingerprint density at radius 3 is 2.73 bits per heavy atom. The highest BCUT2D eigenvalue weighted by Gasteiger charge is 2.14. The van der Waals surface area contributed by atoms with Gasteiger partial charge >= 0.3 is 0 Å². The van der Waals surface area contributed by atoms with Gasteiger partial charge < -0.3 is 15.3 Å². The van der Waals surface area contributed by atoms with Crippen LogP contribution in [0.5, 0.6) is 0 Å². The monoisotopic (exact) mass is 213 g/mol. The van der Waals surface area contributed by atoms with Gasteiger partial charge in [0, 0.05) is 18.7 Å². The second kappa shape index (κ2) is 3.60. The lowest BCUT2D eigenvalue weighted by Gasteiger charge is -2.00. The van der Waals surface area contributed by atoms with E-state index in [0.717, 1.165) is 12.1 Å². The van der Waals surface area contributed by atoms with E-state index in [4.69, 9.17) is 10.2 Å². The number of hydrogen-bond donors (Lipinski definition) is 2. The maximum atomic E-state index is 13.2. The fraction of sp³-hybridized carbons (Fsp3) is 0.200. The average molecular weight is 213 g/mol. The van der Waals surface area contributed by atoms with E-state index in [1.807, 2.05) is 0 Å². The first-order valence-electron chi connectivity index (χ1n) is 4.38. The summed E-state index contributed by atoms with van der Waals surface area (Å²) in [7, 11) is 0. The summed E-state index contributed by atoms with van der Waals surface area (Å²) >= 11 is 0. The van der Waals surface area contributed by atoms with Crippen LogP contribution in [0.1, 0.15) is 11.9 Å². The van der Waals surface area contributed by atoms with Crippen molar-refractivity contribution in [1.82, 2.24) is 0 Å². The number of halogens is 2. The van der Waals surface area contributed by atoms with Crippen LogP contribution < -0.4 is 5.73 Å². The molecule has 1 unspecified atom stereocenters. The number of aliphatic hydroxyl groups is 1. The molecule has 0 saturated carbocycles. The van der Waals surface area contributed by atoms with E-state index in [2.05, 4.69) is 0 Å². The van der Waals surface area contributed by atoms with Crippen LogP contribution in [0, 0.1) is 11.6 Å². The van der Waals surface area contributed by atoms with Crippen molar-refractivity contribution in [3.63, 3.8) is 0 Å². The highest BCUT2D eigenvalue weighted by atomic mass is 19.1. The van der Waals surface area contributed by atoms with Gasteiger partial charge in [0.1, 0.15) is 29.1 Å². The summed E-state index contributed by atoms with van der Waals surface area (Å²) in [5.74, 6) is -1.30. The molecule has 15 heavy (non-hydrogen) atoms. The Balaban J connectivity index is 2.60. The number of hydrogen-bond acceptors (Lipinski definition) is 3. The summed E-state index contributed by atoms with van der Waals surface area (Å²) in [6, 6.07) is 3.14. The zero-order valence-corrected chi connectivity index (χ0v) is 7.71. The molecule has 5 heteroatoms. The molecule has 0 amide bonds. The molecule has 0 bridgehead atoms. The van der Waals surface area contributed by atoms with E-state index >= 15 is 0 Å². The number of nitrogens with two attached hydrogens (primary N) is 1. The molecule has 0 saturated heterocycles. The fourth-order valence-corrected chi connectivity index (χ4v) is 1.36. The number of benzene rings is 1. The third-order valence-corrected chi connectivity index (χ3v) is 2.12. The summed E-state index contributed by atoms with van der Waals surface area (Å²) < 4.78 is 31.1. The summed E-state index contributed by atoms with van der Waals surface area (Å²) in [5.41, 5.74) is 5.28. The lowest BCUT2D eigenvalue weighted by molar-refractivity contribution is 0.160. The van der Waals surface area contributed by atoms with E-state index in [0.29, 0.717) is 0 Å². The Bertz CT molecular complexity index is 495. The fourth-order valence-electron chi connectivity index (χ4n) is 1.36. The zero-order chi connectivity index (χ0) is 11.0. The minimum absolute atomic E-state index is 0.0378. The second-order valence-electron chi connectivity index (χ2n) is 3.20. The summed E-state index contributed by atoms with van der Waals surface area (Å²) in [6.07, 6.45) is -1.00. The third-order valence-electron chi connectivity index (χ3n) is 2.12. The molecular weight excluding hydrogens is 204 g/mol. The van der Waals surface area contributed by atoms with Crippen molar-refractivity contribution in [2.24, 2.45) is 5.73 Å². The van der Waals surface area contributed by atoms with Crippen molar-refractivity contribution in [3.8, 4) is 0 Å². The van der Waals surface area contributed by atoms with E-state index in [1.165, 1.54) is 6.07 Å². The lowest BCUT2D eigenvalue weighted by Crippen LogP contribution is -2.10. The zero-order valence-electron chi connectivity index (χ0n) is 7.71. The molecule has 0 aliphatic heterocycles. The van der Waals surface area contributed by atoms with Gasteiger partial charge in [-0.3, -0.25) is 0 Å². The van der Waals surface area contributed by atoms with Gasteiger partial charge in [-0.15, -0.1) is 0 Å². The summed E-state index contributed by atoms with van der Waals surface area (Å²) in [5, 5.41) is 9.49. The first kappa shape index (κ1) is 10.1. The van der Waals surface area contributed by atoms with Crippen molar-refractivity contribution in [2.45, 2.75) is 6.10 Å². The molecule has 1 aromatic heterocycles. The van der Waals surface area contributed by atoms with E-state index in [-0.39, 0.29) is 23.3 Å². The largest absolute Gasteiger partial charge is 0.458 e. The van der Waals surface area contributed by atoms with Crippen LogP contribution >= 0.6 is 0 Å². The summed E-state index contributed by atoms with van der Waals surface area (Å²) in [6.45, 7) is -0.0378. The molecule has 0 spiro atoms. The van der Waals surface area contributed by atoms with Crippen molar-refractivity contribution < 1.29 is 18.3 Å². The van der Waals surface area contributed by atoms with Crippen molar-refractivity contribution in [3.05, 3.63) is 35.6 Å². The van der Waals surface area contributed by atoms with Crippen molar-refractivity contribution >= 4 is 11.0 Å². The highest BCUT2D eigenvalue weighted by molar-refractivity contribution is 5.78. The average Bonchev–Trinajstić information content (AvgIpc) is 2.60. The van der Waals surface area contributed by atoms with Gasteiger partial charge in [-0.2, -0.15) is 0 Å². The molecule has 1 aromatic carbocycles. The van der Waals surface area contributed by atoms with Crippen LogP contribution in [-0.2, 0) is 0 Å².